The highest BCUT2D eigenvalue weighted by Crippen LogP contribution is 2.32. The molecule has 2 rings (SSSR count). The van der Waals surface area contributed by atoms with Crippen LogP contribution in [0, 0.1) is 23.7 Å². The highest BCUT2D eigenvalue weighted by Gasteiger charge is 2.31. The van der Waals surface area contributed by atoms with E-state index >= 15 is 0 Å². The van der Waals surface area contributed by atoms with Crippen LogP contribution in [0.3, 0.4) is 0 Å². The summed E-state index contributed by atoms with van der Waals surface area (Å²) in [5.41, 5.74) is 0. The average molecular weight is 295 g/mol. The Hall–Kier alpha value is -1.06. The topological polar surface area (TPSA) is 66.4 Å². The molecule has 0 aromatic heterocycles. The number of carboxylic acids is 1. The van der Waals surface area contributed by atoms with Gasteiger partial charge in [0.15, 0.2) is 0 Å². The van der Waals surface area contributed by atoms with Gasteiger partial charge in [0.25, 0.3) is 0 Å². The molecule has 0 bridgehead atoms. The second-order valence-corrected chi connectivity index (χ2v) is 7.25. The van der Waals surface area contributed by atoms with Gasteiger partial charge in [0.05, 0.1) is 5.92 Å². The van der Waals surface area contributed by atoms with Gasteiger partial charge in [-0.3, -0.25) is 9.59 Å². The Bertz CT molecular complexity index is 364. The minimum atomic E-state index is -0.708. The average Bonchev–Trinajstić information content (AvgIpc) is 2.47. The van der Waals surface area contributed by atoms with Gasteiger partial charge in [0.1, 0.15) is 0 Å². The van der Waals surface area contributed by atoms with E-state index < -0.39 is 5.97 Å². The van der Waals surface area contributed by atoms with E-state index in [0.29, 0.717) is 18.9 Å². The first-order chi connectivity index (χ1) is 9.97. The van der Waals surface area contributed by atoms with Crippen LogP contribution in [-0.2, 0) is 9.59 Å². The van der Waals surface area contributed by atoms with Crippen LogP contribution < -0.4 is 5.32 Å². The Labute approximate surface area is 127 Å². The monoisotopic (exact) mass is 295 g/mol. The van der Waals surface area contributed by atoms with Crippen molar-refractivity contribution in [3.05, 3.63) is 0 Å². The second kappa shape index (κ2) is 7.28. The minimum Gasteiger partial charge on any atom is -0.481 e. The van der Waals surface area contributed by atoms with Crippen molar-refractivity contribution in [1.82, 2.24) is 5.32 Å². The molecule has 2 aliphatic carbocycles. The molecule has 0 spiro atoms. The van der Waals surface area contributed by atoms with Crippen LogP contribution in [-0.4, -0.2) is 23.0 Å². The smallest absolute Gasteiger partial charge is 0.306 e. The predicted molar refractivity (Wildman–Crippen MR) is 81.8 cm³/mol. The molecule has 4 nitrogen and oxygen atoms in total. The molecule has 2 N–H and O–H groups in total. The lowest BCUT2D eigenvalue weighted by Crippen LogP contribution is -2.42. The van der Waals surface area contributed by atoms with Crippen molar-refractivity contribution in [1.29, 1.82) is 0 Å². The van der Waals surface area contributed by atoms with E-state index in [4.69, 9.17) is 5.11 Å². The Morgan fingerprint density at radius 3 is 1.90 bits per heavy atom. The van der Waals surface area contributed by atoms with Gasteiger partial charge in [-0.2, -0.15) is 0 Å². The summed E-state index contributed by atoms with van der Waals surface area (Å²) in [5.74, 6) is 0.795. The lowest BCUT2D eigenvalue weighted by atomic mass is 9.79. The minimum absolute atomic E-state index is 0.0309. The molecule has 0 saturated heterocycles. The van der Waals surface area contributed by atoms with E-state index in [9.17, 15) is 9.59 Å². The summed E-state index contributed by atoms with van der Waals surface area (Å²) < 4.78 is 0. The molecule has 0 atom stereocenters. The quantitative estimate of drug-likeness (QED) is 0.837. The maximum absolute atomic E-state index is 12.3. The van der Waals surface area contributed by atoms with Gasteiger partial charge in [-0.05, 0) is 63.2 Å². The number of carbonyl (C=O) groups is 2. The molecule has 2 aliphatic rings. The number of carboxylic acid groups (broad SMARTS) is 1. The molecule has 0 aliphatic heterocycles. The molecule has 0 heterocycles. The first-order valence-electron chi connectivity index (χ1n) is 8.50. The maximum atomic E-state index is 12.3. The van der Waals surface area contributed by atoms with Crippen molar-refractivity contribution in [3.8, 4) is 0 Å². The molecule has 1 amide bonds. The number of amides is 1. The van der Waals surface area contributed by atoms with Gasteiger partial charge < -0.3 is 10.4 Å². The molecule has 2 fully saturated rings. The van der Waals surface area contributed by atoms with Gasteiger partial charge in [0, 0.05) is 12.0 Å². The standard InChI is InChI=1S/C17H29NO3/c1-11(2)12-7-9-15(10-8-12)18-16(19)13-3-5-14(6-4-13)17(20)21/h11-15H,3-10H2,1-2H3,(H,18,19)(H,20,21). The normalized spacial score (nSPS) is 33.7. The zero-order valence-electron chi connectivity index (χ0n) is 13.3. The first kappa shape index (κ1) is 16.3. The highest BCUT2D eigenvalue weighted by atomic mass is 16.4. The largest absolute Gasteiger partial charge is 0.481 e. The number of rotatable bonds is 4. The van der Waals surface area contributed by atoms with Crippen LogP contribution in [0.2, 0.25) is 0 Å². The summed E-state index contributed by atoms with van der Waals surface area (Å²) in [6, 6.07) is 0.338. The highest BCUT2D eigenvalue weighted by molar-refractivity contribution is 5.79. The summed E-state index contributed by atoms with van der Waals surface area (Å²) in [4.78, 5) is 23.2. The molecule has 0 unspecified atom stereocenters. The Balaban J connectivity index is 1.72. The molecule has 21 heavy (non-hydrogen) atoms. The molecule has 0 radical (unpaired) electrons. The molecular formula is C17H29NO3. The number of aliphatic carboxylic acids is 1. The van der Waals surface area contributed by atoms with Crippen molar-refractivity contribution in [2.45, 2.75) is 71.3 Å². The van der Waals surface area contributed by atoms with E-state index in [-0.39, 0.29) is 17.7 Å². The third kappa shape index (κ3) is 4.45. The summed E-state index contributed by atoms with van der Waals surface area (Å²) >= 11 is 0. The Morgan fingerprint density at radius 2 is 1.43 bits per heavy atom. The number of carbonyl (C=O) groups excluding carboxylic acids is 1. The second-order valence-electron chi connectivity index (χ2n) is 7.25. The van der Waals surface area contributed by atoms with Gasteiger partial charge in [-0.15, -0.1) is 0 Å². The van der Waals surface area contributed by atoms with E-state index in [2.05, 4.69) is 19.2 Å². The van der Waals surface area contributed by atoms with Crippen LogP contribution >= 0.6 is 0 Å². The molecule has 0 aromatic carbocycles. The van der Waals surface area contributed by atoms with Crippen molar-refractivity contribution in [2.75, 3.05) is 0 Å². The zero-order valence-corrected chi connectivity index (χ0v) is 13.3. The van der Waals surface area contributed by atoms with Crippen LogP contribution in [0.1, 0.15) is 65.2 Å². The fraction of sp³-hybridized carbons (Fsp3) is 0.882. The number of nitrogens with one attached hydrogen (secondary N) is 1. The van der Waals surface area contributed by atoms with Crippen LogP contribution in [0.25, 0.3) is 0 Å². The molecule has 2 saturated carbocycles. The summed E-state index contributed by atoms with van der Waals surface area (Å²) in [5, 5.41) is 12.2. The Morgan fingerprint density at radius 1 is 0.905 bits per heavy atom. The fourth-order valence-electron chi connectivity index (χ4n) is 3.85. The maximum Gasteiger partial charge on any atom is 0.306 e. The van der Waals surface area contributed by atoms with E-state index in [1.165, 1.54) is 12.8 Å². The summed E-state index contributed by atoms with van der Waals surface area (Å²) in [6.45, 7) is 4.56. The lowest BCUT2D eigenvalue weighted by Gasteiger charge is -2.33. The third-order valence-corrected chi connectivity index (χ3v) is 5.51. The number of hydrogen-bond acceptors (Lipinski definition) is 2. The SMILES string of the molecule is CC(C)C1CCC(NC(=O)C2CCC(C(=O)O)CC2)CC1. The van der Waals surface area contributed by atoms with Crippen molar-refractivity contribution >= 4 is 11.9 Å². The van der Waals surface area contributed by atoms with Crippen LogP contribution in [0.5, 0.6) is 0 Å². The van der Waals surface area contributed by atoms with E-state index in [1.54, 1.807) is 0 Å². The van der Waals surface area contributed by atoms with Gasteiger partial charge >= 0.3 is 5.97 Å². The molecule has 120 valence electrons. The van der Waals surface area contributed by atoms with E-state index in [1.807, 2.05) is 0 Å². The van der Waals surface area contributed by atoms with Crippen LogP contribution in [0.4, 0.5) is 0 Å². The van der Waals surface area contributed by atoms with Crippen molar-refractivity contribution in [3.63, 3.8) is 0 Å². The zero-order chi connectivity index (χ0) is 15.4. The van der Waals surface area contributed by atoms with Crippen molar-refractivity contribution < 1.29 is 14.7 Å². The fourth-order valence-corrected chi connectivity index (χ4v) is 3.85. The molecular weight excluding hydrogens is 266 g/mol. The van der Waals surface area contributed by atoms with Crippen molar-refractivity contribution in [2.24, 2.45) is 23.7 Å². The summed E-state index contributed by atoms with van der Waals surface area (Å²) in [7, 11) is 0. The van der Waals surface area contributed by atoms with Gasteiger partial charge in [0.2, 0.25) is 5.91 Å². The molecule has 4 heteroatoms. The Kier molecular flexibility index (Phi) is 5.65. The van der Waals surface area contributed by atoms with Gasteiger partial charge in [-0.25, -0.2) is 0 Å². The summed E-state index contributed by atoms with van der Waals surface area (Å²) in [6.07, 6.45) is 7.37. The van der Waals surface area contributed by atoms with Gasteiger partial charge in [-0.1, -0.05) is 13.8 Å². The number of hydrogen-bond donors (Lipinski definition) is 2. The van der Waals surface area contributed by atoms with Crippen LogP contribution in [0.15, 0.2) is 0 Å². The predicted octanol–water partition coefficient (Wildman–Crippen LogP) is 3.21. The molecule has 0 aromatic rings. The third-order valence-electron chi connectivity index (χ3n) is 5.51. The lowest BCUT2D eigenvalue weighted by molar-refractivity contribution is -0.144. The first-order valence-corrected chi connectivity index (χ1v) is 8.50. The van der Waals surface area contributed by atoms with E-state index in [0.717, 1.165) is 37.5 Å².